The lowest BCUT2D eigenvalue weighted by Gasteiger charge is -2.09. The van der Waals surface area contributed by atoms with Crippen LogP contribution < -0.4 is 0 Å². The zero-order chi connectivity index (χ0) is 18.5. The van der Waals surface area contributed by atoms with Crippen molar-refractivity contribution < 1.29 is 0 Å². The molecule has 1 aromatic heterocycles. The third kappa shape index (κ3) is 4.10. The van der Waals surface area contributed by atoms with Gasteiger partial charge in [-0.25, -0.2) is 0 Å². The number of hydrogen-bond donors (Lipinski definition) is 0. The number of allylic oxidation sites excluding steroid dienone is 1. The van der Waals surface area contributed by atoms with Gasteiger partial charge >= 0.3 is 0 Å². The fourth-order valence-electron chi connectivity index (χ4n) is 2.44. The zero-order valence-electron chi connectivity index (χ0n) is 13.7. The van der Waals surface area contributed by atoms with Gasteiger partial charge in [-0.2, -0.15) is 5.26 Å². The van der Waals surface area contributed by atoms with Gasteiger partial charge in [0.05, 0.1) is 16.7 Å². The molecule has 0 bridgehead atoms. The van der Waals surface area contributed by atoms with E-state index in [-0.39, 0.29) is 0 Å². The van der Waals surface area contributed by atoms with Gasteiger partial charge < -0.3 is 0 Å². The second-order valence-electron chi connectivity index (χ2n) is 5.43. The molecule has 0 spiro atoms. The maximum Gasteiger partial charge on any atom is 0.192 e. The van der Waals surface area contributed by atoms with Crippen molar-refractivity contribution in [3.63, 3.8) is 0 Å². The molecule has 4 nitrogen and oxygen atoms in total. The molecule has 1 heterocycles. The van der Waals surface area contributed by atoms with Crippen LogP contribution in [0.2, 0.25) is 10.0 Å². The normalized spacial score (nSPS) is 10.5. The smallest absolute Gasteiger partial charge is 0.192 e. The summed E-state index contributed by atoms with van der Waals surface area (Å²) in [6.45, 7) is 4.37. The fourth-order valence-corrected chi connectivity index (χ4v) is 3.82. The van der Waals surface area contributed by atoms with E-state index >= 15 is 0 Å². The number of rotatable bonds is 6. The Balaban J connectivity index is 1.89. The van der Waals surface area contributed by atoms with Crippen molar-refractivity contribution in [2.45, 2.75) is 17.5 Å². The van der Waals surface area contributed by atoms with Crippen molar-refractivity contribution in [1.29, 1.82) is 5.26 Å². The van der Waals surface area contributed by atoms with E-state index in [0.717, 1.165) is 16.3 Å². The minimum absolute atomic E-state index is 0.522. The van der Waals surface area contributed by atoms with E-state index in [9.17, 15) is 0 Å². The van der Waals surface area contributed by atoms with Crippen molar-refractivity contribution in [3.8, 4) is 17.5 Å². The van der Waals surface area contributed by atoms with E-state index in [1.165, 1.54) is 0 Å². The van der Waals surface area contributed by atoms with Crippen LogP contribution >= 0.6 is 35.0 Å². The highest BCUT2D eigenvalue weighted by molar-refractivity contribution is 7.98. The Kier molecular flexibility index (Phi) is 6.00. The van der Waals surface area contributed by atoms with Crippen molar-refractivity contribution in [1.82, 2.24) is 14.8 Å². The number of halogens is 2. The van der Waals surface area contributed by atoms with Crippen molar-refractivity contribution in [2.75, 3.05) is 0 Å². The minimum Gasteiger partial charge on any atom is -0.298 e. The first-order chi connectivity index (χ1) is 12.6. The van der Waals surface area contributed by atoms with Gasteiger partial charge in [0.25, 0.3) is 0 Å². The first kappa shape index (κ1) is 18.5. The lowest BCUT2D eigenvalue weighted by atomic mass is 10.2. The van der Waals surface area contributed by atoms with Gasteiger partial charge in [-0.3, -0.25) is 4.57 Å². The Bertz CT molecular complexity index is 991. The van der Waals surface area contributed by atoms with Gasteiger partial charge in [-0.05, 0) is 35.9 Å². The summed E-state index contributed by atoms with van der Waals surface area (Å²) in [6.07, 6.45) is 1.79. The zero-order valence-corrected chi connectivity index (χ0v) is 16.0. The maximum atomic E-state index is 9.02. The second-order valence-corrected chi connectivity index (χ2v) is 7.22. The molecule has 130 valence electrons. The van der Waals surface area contributed by atoms with Crippen LogP contribution in [0.5, 0.6) is 0 Å². The number of thioether (sulfide) groups is 1. The number of nitriles is 1. The monoisotopic (exact) mass is 400 g/mol. The summed E-state index contributed by atoms with van der Waals surface area (Å²) < 4.78 is 1.96. The molecule has 2 aromatic carbocycles. The summed E-state index contributed by atoms with van der Waals surface area (Å²) in [6, 6.07) is 15.0. The Hall–Kier alpha value is -2.26. The highest BCUT2D eigenvalue weighted by atomic mass is 35.5. The summed E-state index contributed by atoms with van der Waals surface area (Å²) in [4.78, 5) is 0. The molecule has 3 rings (SSSR count). The van der Waals surface area contributed by atoms with Gasteiger partial charge in [-0.15, -0.1) is 16.8 Å². The summed E-state index contributed by atoms with van der Waals surface area (Å²) in [5.41, 5.74) is 2.46. The summed E-state index contributed by atoms with van der Waals surface area (Å²) in [5, 5.41) is 19.5. The minimum atomic E-state index is 0.522. The van der Waals surface area contributed by atoms with Crippen LogP contribution in [0.15, 0.2) is 60.3 Å². The molecule has 7 heteroatoms. The SMILES string of the molecule is C=CCn1c(SCc2cccc(C#N)c2)nnc1-c1ccc(Cl)cc1Cl. The first-order valence-corrected chi connectivity index (χ1v) is 9.48. The van der Waals surface area contributed by atoms with E-state index in [2.05, 4.69) is 22.8 Å². The van der Waals surface area contributed by atoms with Crippen LogP contribution in [0, 0.1) is 11.3 Å². The van der Waals surface area contributed by atoms with E-state index in [1.54, 1.807) is 36.0 Å². The molecule has 0 aliphatic carbocycles. The quantitative estimate of drug-likeness (QED) is 0.398. The van der Waals surface area contributed by atoms with Crippen LogP contribution in [0.1, 0.15) is 11.1 Å². The molecular formula is C19H14Cl2N4S. The topological polar surface area (TPSA) is 54.5 Å². The molecule has 0 aliphatic rings. The van der Waals surface area contributed by atoms with E-state index < -0.39 is 0 Å². The van der Waals surface area contributed by atoms with Crippen LogP contribution in [-0.4, -0.2) is 14.8 Å². The molecule has 0 unspecified atom stereocenters. The van der Waals surface area contributed by atoms with Gasteiger partial charge in [0.15, 0.2) is 11.0 Å². The number of benzene rings is 2. The predicted octanol–water partition coefficient (Wildman–Crippen LogP) is 5.60. The molecule has 3 aromatic rings. The first-order valence-electron chi connectivity index (χ1n) is 7.73. The Labute approximate surface area is 166 Å². The number of nitrogens with zero attached hydrogens (tertiary/aromatic N) is 4. The molecule has 0 saturated heterocycles. The van der Waals surface area contributed by atoms with Crippen LogP contribution in [0.4, 0.5) is 0 Å². The van der Waals surface area contributed by atoms with Crippen LogP contribution in [-0.2, 0) is 12.3 Å². The van der Waals surface area contributed by atoms with Gasteiger partial charge in [0.1, 0.15) is 0 Å². The van der Waals surface area contributed by atoms with Crippen LogP contribution in [0.25, 0.3) is 11.4 Å². The molecule has 26 heavy (non-hydrogen) atoms. The second kappa shape index (κ2) is 8.41. The average molecular weight is 401 g/mol. The third-order valence-electron chi connectivity index (χ3n) is 3.62. The molecular weight excluding hydrogens is 387 g/mol. The van der Waals surface area contributed by atoms with E-state index in [0.29, 0.717) is 33.7 Å². The van der Waals surface area contributed by atoms with E-state index in [1.807, 2.05) is 28.8 Å². The van der Waals surface area contributed by atoms with Crippen molar-refractivity contribution in [2.24, 2.45) is 0 Å². The average Bonchev–Trinajstić information content (AvgIpc) is 3.03. The summed E-state index contributed by atoms with van der Waals surface area (Å²) >= 11 is 13.9. The molecule has 0 radical (unpaired) electrons. The van der Waals surface area contributed by atoms with Crippen molar-refractivity contribution in [3.05, 3.63) is 76.3 Å². The molecule has 0 fully saturated rings. The largest absolute Gasteiger partial charge is 0.298 e. The van der Waals surface area contributed by atoms with Gasteiger partial charge in [0, 0.05) is 22.9 Å². The van der Waals surface area contributed by atoms with Gasteiger partial charge in [0.2, 0.25) is 0 Å². The highest BCUT2D eigenvalue weighted by Gasteiger charge is 2.16. The summed E-state index contributed by atoms with van der Waals surface area (Å²) in [5.74, 6) is 1.35. The van der Waals surface area contributed by atoms with Gasteiger partial charge in [-0.1, -0.05) is 53.2 Å². The molecule has 0 N–H and O–H groups in total. The predicted molar refractivity (Wildman–Crippen MR) is 106 cm³/mol. The Morgan fingerprint density at radius 1 is 1.19 bits per heavy atom. The van der Waals surface area contributed by atoms with Crippen molar-refractivity contribution >= 4 is 35.0 Å². The lowest BCUT2D eigenvalue weighted by Crippen LogP contribution is -2.01. The Morgan fingerprint density at radius 2 is 2.04 bits per heavy atom. The molecule has 0 atom stereocenters. The standard InChI is InChI=1S/C19H14Cl2N4S/c1-2-8-25-18(16-7-6-15(20)10-17(16)21)23-24-19(25)26-12-14-5-3-4-13(9-14)11-22/h2-7,9-10H,1,8,12H2. The number of aromatic nitrogens is 3. The fraction of sp³-hybridized carbons (Fsp3) is 0.105. The third-order valence-corrected chi connectivity index (χ3v) is 5.21. The summed E-state index contributed by atoms with van der Waals surface area (Å²) in [7, 11) is 0. The molecule has 0 aliphatic heterocycles. The highest BCUT2D eigenvalue weighted by Crippen LogP contribution is 2.32. The lowest BCUT2D eigenvalue weighted by molar-refractivity contribution is 0.731. The van der Waals surface area contributed by atoms with Crippen LogP contribution in [0.3, 0.4) is 0 Å². The molecule has 0 saturated carbocycles. The number of hydrogen-bond acceptors (Lipinski definition) is 4. The maximum absolute atomic E-state index is 9.02. The van der Waals surface area contributed by atoms with E-state index in [4.69, 9.17) is 28.5 Å². The molecule has 0 amide bonds. The Morgan fingerprint density at radius 3 is 2.77 bits per heavy atom.